The summed E-state index contributed by atoms with van der Waals surface area (Å²) in [6.07, 6.45) is 0. The molecule has 1 amide bonds. The third-order valence-electron chi connectivity index (χ3n) is 2.37. The molecule has 0 aromatic heterocycles. The lowest BCUT2D eigenvalue weighted by Gasteiger charge is -2.26. The Morgan fingerprint density at radius 2 is 2.24 bits per heavy atom. The topological polar surface area (TPSA) is 81.5 Å². The standard InChI is InChI=1S/C10H9FN2O4/c11-6-1-2-8(9(3-6)13(15)16)10(14)12-7-4-17-5-7/h1-3,7H,4-5H2,(H,12,14). The van der Waals surface area contributed by atoms with Gasteiger partial charge in [-0.15, -0.1) is 0 Å². The van der Waals surface area contributed by atoms with Gasteiger partial charge in [0.15, 0.2) is 0 Å². The minimum absolute atomic E-state index is 0.132. The van der Waals surface area contributed by atoms with E-state index in [2.05, 4.69) is 5.32 Å². The number of nitrogens with one attached hydrogen (secondary N) is 1. The molecule has 1 aromatic rings. The van der Waals surface area contributed by atoms with Crippen LogP contribution in [0.3, 0.4) is 0 Å². The SMILES string of the molecule is O=C(NC1COC1)c1ccc(F)cc1[N+](=O)[O-]. The lowest BCUT2D eigenvalue weighted by Crippen LogP contribution is -2.48. The van der Waals surface area contributed by atoms with Gasteiger partial charge in [-0.1, -0.05) is 0 Å². The van der Waals surface area contributed by atoms with E-state index in [1.165, 1.54) is 0 Å². The first-order valence-corrected chi connectivity index (χ1v) is 4.90. The average Bonchev–Trinajstić information content (AvgIpc) is 2.23. The van der Waals surface area contributed by atoms with E-state index < -0.39 is 22.3 Å². The van der Waals surface area contributed by atoms with Crippen LogP contribution in [0.4, 0.5) is 10.1 Å². The number of nitro benzene ring substituents is 1. The Morgan fingerprint density at radius 3 is 2.76 bits per heavy atom. The molecule has 1 N–H and O–H groups in total. The van der Waals surface area contributed by atoms with Crippen LogP contribution in [-0.4, -0.2) is 30.1 Å². The van der Waals surface area contributed by atoms with Crippen LogP contribution >= 0.6 is 0 Å². The van der Waals surface area contributed by atoms with Crippen molar-refractivity contribution in [2.45, 2.75) is 6.04 Å². The van der Waals surface area contributed by atoms with E-state index in [0.29, 0.717) is 13.2 Å². The maximum absolute atomic E-state index is 12.9. The predicted octanol–water partition coefficient (Wildman–Crippen LogP) is 0.862. The Balaban J connectivity index is 2.23. The molecule has 6 nitrogen and oxygen atoms in total. The van der Waals surface area contributed by atoms with Gasteiger partial charge in [-0.2, -0.15) is 0 Å². The summed E-state index contributed by atoms with van der Waals surface area (Å²) in [6.45, 7) is 0.779. The van der Waals surface area contributed by atoms with E-state index in [-0.39, 0.29) is 11.6 Å². The lowest BCUT2D eigenvalue weighted by atomic mass is 10.1. The molecular formula is C10H9FN2O4. The molecule has 0 unspecified atom stereocenters. The number of rotatable bonds is 3. The molecule has 1 heterocycles. The normalized spacial score (nSPS) is 15.1. The molecule has 0 saturated carbocycles. The number of hydrogen-bond acceptors (Lipinski definition) is 4. The zero-order valence-electron chi connectivity index (χ0n) is 8.68. The van der Waals surface area contributed by atoms with Gasteiger partial charge in [-0.3, -0.25) is 14.9 Å². The van der Waals surface area contributed by atoms with Crippen molar-refractivity contribution in [3.8, 4) is 0 Å². The molecule has 90 valence electrons. The number of ether oxygens (including phenoxy) is 1. The van der Waals surface area contributed by atoms with Crippen LogP contribution < -0.4 is 5.32 Å². The van der Waals surface area contributed by atoms with Crippen molar-refractivity contribution in [3.63, 3.8) is 0 Å². The molecule has 0 spiro atoms. The first kappa shape index (κ1) is 11.5. The van der Waals surface area contributed by atoms with Gasteiger partial charge < -0.3 is 10.1 Å². The monoisotopic (exact) mass is 240 g/mol. The third kappa shape index (κ3) is 2.39. The molecule has 7 heteroatoms. The van der Waals surface area contributed by atoms with Crippen molar-refractivity contribution >= 4 is 11.6 Å². The highest BCUT2D eigenvalue weighted by atomic mass is 19.1. The first-order valence-electron chi connectivity index (χ1n) is 4.90. The number of amides is 1. The van der Waals surface area contributed by atoms with Crippen LogP contribution in [0.2, 0.25) is 0 Å². The summed E-state index contributed by atoms with van der Waals surface area (Å²) in [4.78, 5) is 21.6. The summed E-state index contributed by atoms with van der Waals surface area (Å²) >= 11 is 0. The van der Waals surface area contributed by atoms with Gasteiger partial charge in [-0.05, 0) is 12.1 Å². The number of benzene rings is 1. The average molecular weight is 240 g/mol. The molecule has 0 atom stereocenters. The number of nitro groups is 1. The summed E-state index contributed by atoms with van der Waals surface area (Å²) in [5.74, 6) is -1.34. The van der Waals surface area contributed by atoms with E-state index in [4.69, 9.17) is 4.74 Å². The molecule has 1 saturated heterocycles. The molecule has 0 radical (unpaired) electrons. The van der Waals surface area contributed by atoms with Crippen LogP contribution in [0.1, 0.15) is 10.4 Å². The van der Waals surface area contributed by atoms with Gasteiger partial charge in [0.05, 0.1) is 30.2 Å². The first-order chi connectivity index (χ1) is 8.08. The van der Waals surface area contributed by atoms with Gasteiger partial charge in [0.1, 0.15) is 11.4 Å². The van der Waals surface area contributed by atoms with Crippen LogP contribution in [-0.2, 0) is 4.74 Å². The number of nitrogens with zero attached hydrogens (tertiary/aromatic N) is 1. The molecule has 1 aliphatic heterocycles. The summed E-state index contributed by atoms with van der Waals surface area (Å²) in [5, 5.41) is 13.2. The maximum Gasteiger partial charge on any atom is 0.285 e. The number of carbonyl (C=O) groups is 1. The highest BCUT2D eigenvalue weighted by molar-refractivity contribution is 5.98. The largest absolute Gasteiger partial charge is 0.377 e. The second-order valence-corrected chi connectivity index (χ2v) is 3.63. The second kappa shape index (κ2) is 4.46. The van der Waals surface area contributed by atoms with Gasteiger partial charge in [0, 0.05) is 0 Å². The zero-order valence-corrected chi connectivity index (χ0v) is 8.68. The summed E-state index contributed by atoms with van der Waals surface area (Å²) in [6, 6.07) is 2.71. The van der Waals surface area contributed by atoms with Gasteiger partial charge in [-0.25, -0.2) is 4.39 Å². The molecule has 2 rings (SSSR count). The highest BCUT2D eigenvalue weighted by Gasteiger charge is 2.25. The predicted molar refractivity (Wildman–Crippen MR) is 55.1 cm³/mol. The van der Waals surface area contributed by atoms with Crippen LogP contribution in [0, 0.1) is 15.9 Å². The number of hydrogen-bond donors (Lipinski definition) is 1. The summed E-state index contributed by atoms with van der Waals surface area (Å²) in [5.41, 5.74) is -0.689. The molecular weight excluding hydrogens is 231 g/mol. The Kier molecular flexibility index (Phi) is 3.01. The Labute approximate surface area is 95.5 Å². The molecule has 1 aliphatic rings. The molecule has 17 heavy (non-hydrogen) atoms. The Morgan fingerprint density at radius 1 is 1.53 bits per heavy atom. The van der Waals surface area contributed by atoms with Crippen LogP contribution in [0.5, 0.6) is 0 Å². The van der Waals surface area contributed by atoms with E-state index in [9.17, 15) is 19.3 Å². The second-order valence-electron chi connectivity index (χ2n) is 3.63. The fourth-order valence-electron chi connectivity index (χ4n) is 1.43. The molecule has 0 aliphatic carbocycles. The van der Waals surface area contributed by atoms with Gasteiger partial charge in [0.25, 0.3) is 11.6 Å². The maximum atomic E-state index is 12.9. The molecule has 1 aromatic carbocycles. The van der Waals surface area contributed by atoms with Crippen molar-refractivity contribution in [1.29, 1.82) is 0 Å². The van der Waals surface area contributed by atoms with Crippen molar-refractivity contribution in [3.05, 3.63) is 39.7 Å². The van der Waals surface area contributed by atoms with Gasteiger partial charge >= 0.3 is 0 Å². The zero-order chi connectivity index (χ0) is 12.4. The fraction of sp³-hybridized carbons (Fsp3) is 0.300. The Hall–Kier alpha value is -2.02. The third-order valence-corrected chi connectivity index (χ3v) is 2.37. The minimum atomic E-state index is -0.782. The van der Waals surface area contributed by atoms with E-state index >= 15 is 0 Å². The van der Waals surface area contributed by atoms with E-state index in [0.717, 1.165) is 18.2 Å². The lowest BCUT2D eigenvalue weighted by molar-refractivity contribution is -0.385. The quantitative estimate of drug-likeness (QED) is 0.627. The summed E-state index contributed by atoms with van der Waals surface area (Å²) < 4.78 is 17.7. The number of halogens is 1. The summed E-state index contributed by atoms with van der Waals surface area (Å²) in [7, 11) is 0. The molecule has 0 bridgehead atoms. The van der Waals surface area contributed by atoms with Crippen molar-refractivity contribution < 1.29 is 18.8 Å². The van der Waals surface area contributed by atoms with Crippen molar-refractivity contribution in [2.24, 2.45) is 0 Å². The van der Waals surface area contributed by atoms with Crippen LogP contribution in [0.25, 0.3) is 0 Å². The number of carbonyl (C=O) groups excluding carboxylic acids is 1. The van der Waals surface area contributed by atoms with Gasteiger partial charge in [0.2, 0.25) is 0 Å². The highest BCUT2D eigenvalue weighted by Crippen LogP contribution is 2.20. The molecule has 1 fully saturated rings. The minimum Gasteiger partial charge on any atom is -0.377 e. The van der Waals surface area contributed by atoms with Crippen LogP contribution in [0.15, 0.2) is 18.2 Å². The fourth-order valence-corrected chi connectivity index (χ4v) is 1.43. The van der Waals surface area contributed by atoms with Crippen molar-refractivity contribution in [2.75, 3.05) is 13.2 Å². The van der Waals surface area contributed by atoms with E-state index in [1.807, 2.05) is 0 Å². The van der Waals surface area contributed by atoms with Crippen molar-refractivity contribution in [1.82, 2.24) is 5.32 Å². The van der Waals surface area contributed by atoms with E-state index in [1.54, 1.807) is 0 Å². The Bertz CT molecular complexity index is 473. The smallest absolute Gasteiger partial charge is 0.285 e.